The first-order chi connectivity index (χ1) is 9.60. The molecule has 0 atom stereocenters. The van der Waals surface area contributed by atoms with E-state index in [-0.39, 0.29) is 0 Å². The summed E-state index contributed by atoms with van der Waals surface area (Å²) in [5, 5.41) is 0. The molecule has 5 heteroatoms. The maximum Gasteiger partial charge on any atom is 0.160 e. The van der Waals surface area contributed by atoms with E-state index in [1.54, 1.807) is 0 Å². The van der Waals surface area contributed by atoms with Crippen LogP contribution in [0.15, 0.2) is 67.5 Å². The van der Waals surface area contributed by atoms with E-state index in [1.807, 2.05) is 48.5 Å². The molecule has 100 valence electrons. The quantitative estimate of drug-likeness (QED) is 0.387. The normalized spacial score (nSPS) is 11.2. The minimum Gasteiger partial charge on any atom is -0.245 e. The first-order valence-electron chi connectivity index (χ1n) is 5.71. The molecule has 0 spiro atoms. The minimum atomic E-state index is 0.489. The summed E-state index contributed by atoms with van der Waals surface area (Å²) in [7, 11) is 0. The number of aliphatic imine (C=N–C) groups is 2. The lowest BCUT2D eigenvalue weighted by atomic mass is 10.2. The number of rotatable bonds is 2. The van der Waals surface area contributed by atoms with Gasteiger partial charge in [0.15, 0.2) is 5.84 Å². The summed E-state index contributed by atoms with van der Waals surface area (Å²) in [5.74, 6) is 0.519. The monoisotopic (exact) mass is 408 g/mol. The number of thiocarbonyl (C=S) groups is 1. The van der Waals surface area contributed by atoms with Crippen LogP contribution in [0, 0.1) is 0 Å². The first kappa shape index (κ1) is 15.2. The summed E-state index contributed by atoms with van der Waals surface area (Å²) in [6, 6.07) is 15.4. The predicted molar refractivity (Wildman–Crippen MR) is 96.1 cm³/mol. The third-order valence-electron chi connectivity index (χ3n) is 2.55. The highest BCUT2D eigenvalue weighted by atomic mass is 79.9. The molecule has 0 amide bonds. The van der Waals surface area contributed by atoms with Crippen LogP contribution in [0.1, 0.15) is 11.1 Å². The number of amidine groups is 1. The van der Waals surface area contributed by atoms with Gasteiger partial charge in [-0.1, -0.05) is 68.3 Å². The van der Waals surface area contributed by atoms with Crippen LogP contribution in [0.2, 0.25) is 0 Å². The molecule has 2 aromatic rings. The zero-order chi connectivity index (χ0) is 14.5. The van der Waals surface area contributed by atoms with Gasteiger partial charge in [0.25, 0.3) is 0 Å². The van der Waals surface area contributed by atoms with Crippen LogP contribution in [0.3, 0.4) is 0 Å². The standard InChI is InChI=1S/C15H10Br2N2S/c1-18-14(10-2-6-12(16)7-3-10)19-15(20)11-4-8-13(17)9-5-11/h2-9H,1H2. The highest BCUT2D eigenvalue weighted by Gasteiger charge is 2.05. The second-order valence-electron chi connectivity index (χ2n) is 3.91. The van der Waals surface area contributed by atoms with E-state index in [9.17, 15) is 0 Å². The minimum absolute atomic E-state index is 0.489. The van der Waals surface area contributed by atoms with Gasteiger partial charge in [0.05, 0.1) is 0 Å². The van der Waals surface area contributed by atoms with Crippen LogP contribution in [0.25, 0.3) is 0 Å². The fourth-order valence-electron chi connectivity index (χ4n) is 1.54. The third-order valence-corrected chi connectivity index (χ3v) is 3.94. The first-order valence-corrected chi connectivity index (χ1v) is 7.71. The highest BCUT2D eigenvalue weighted by Crippen LogP contribution is 2.14. The lowest BCUT2D eigenvalue weighted by Gasteiger charge is -2.03. The van der Waals surface area contributed by atoms with Gasteiger partial charge in [0, 0.05) is 20.1 Å². The molecule has 0 radical (unpaired) electrons. The Balaban J connectivity index is 2.31. The van der Waals surface area contributed by atoms with Gasteiger partial charge in [0.2, 0.25) is 0 Å². The Morgan fingerprint density at radius 2 is 1.30 bits per heavy atom. The van der Waals surface area contributed by atoms with Crippen LogP contribution in [-0.4, -0.2) is 17.5 Å². The molecule has 0 aliphatic heterocycles. The van der Waals surface area contributed by atoms with Crippen LogP contribution in [0.4, 0.5) is 0 Å². The molecule has 0 aromatic heterocycles. The molecule has 2 rings (SSSR count). The van der Waals surface area contributed by atoms with Crippen LogP contribution < -0.4 is 0 Å². The Morgan fingerprint density at radius 1 is 0.850 bits per heavy atom. The van der Waals surface area contributed by atoms with Crippen molar-refractivity contribution >= 4 is 61.6 Å². The maximum absolute atomic E-state index is 5.33. The number of nitrogens with zero attached hydrogens (tertiary/aromatic N) is 2. The lowest BCUT2D eigenvalue weighted by molar-refractivity contribution is 1.51. The Hall–Kier alpha value is -1.17. The number of hydrogen-bond donors (Lipinski definition) is 0. The molecule has 0 aliphatic rings. The van der Waals surface area contributed by atoms with Gasteiger partial charge in [-0.25, -0.2) is 9.98 Å². The zero-order valence-corrected chi connectivity index (χ0v) is 14.4. The molecule has 0 saturated heterocycles. The fraction of sp³-hybridized carbons (Fsp3) is 0. The van der Waals surface area contributed by atoms with Crippen molar-refractivity contribution in [3.8, 4) is 0 Å². The van der Waals surface area contributed by atoms with E-state index >= 15 is 0 Å². The molecule has 20 heavy (non-hydrogen) atoms. The molecule has 0 aliphatic carbocycles. The summed E-state index contributed by atoms with van der Waals surface area (Å²) < 4.78 is 2.00. The van der Waals surface area contributed by atoms with Crippen molar-refractivity contribution in [2.45, 2.75) is 0 Å². The molecule has 0 bridgehead atoms. The van der Waals surface area contributed by atoms with Gasteiger partial charge < -0.3 is 0 Å². The maximum atomic E-state index is 5.33. The van der Waals surface area contributed by atoms with E-state index in [1.165, 1.54) is 0 Å². The Bertz CT molecular complexity index is 661. The summed E-state index contributed by atoms with van der Waals surface area (Å²) in [6.45, 7) is 3.56. The van der Waals surface area contributed by atoms with Crippen LogP contribution >= 0.6 is 44.1 Å². The second-order valence-corrected chi connectivity index (χ2v) is 6.13. The molecule has 0 heterocycles. The van der Waals surface area contributed by atoms with Crippen molar-refractivity contribution in [3.05, 3.63) is 68.6 Å². The van der Waals surface area contributed by atoms with Crippen molar-refractivity contribution < 1.29 is 0 Å². The molecule has 2 nitrogen and oxygen atoms in total. The Morgan fingerprint density at radius 3 is 1.75 bits per heavy atom. The van der Waals surface area contributed by atoms with Crippen molar-refractivity contribution in [3.63, 3.8) is 0 Å². The molecule has 0 N–H and O–H groups in total. The van der Waals surface area contributed by atoms with Crippen LogP contribution in [-0.2, 0) is 0 Å². The van der Waals surface area contributed by atoms with Crippen molar-refractivity contribution in [2.24, 2.45) is 9.98 Å². The van der Waals surface area contributed by atoms with Crippen molar-refractivity contribution in [2.75, 3.05) is 0 Å². The van der Waals surface area contributed by atoms with Gasteiger partial charge in [-0.05, 0) is 31.0 Å². The van der Waals surface area contributed by atoms with Crippen molar-refractivity contribution in [1.82, 2.24) is 0 Å². The van der Waals surface area contributed by atoms with E-state index in [4.69, 9.17) is 12.2 Å². The number of halogens is 2. The summed E-state index contributed by atoms with van der Waals surface area (Å²) in [5.41, 5.74) is 1.75. The number of benzene rings is 2. The summed E-state index contributed by atoms with van der Waals surface area (Å²) in [4.78, 5) is 8.83. The molecule has 0 saturated carbocycles. The van der Waals surface area contributed by atoms with Gasteiger partial charge in [-0.3, -0.25) is 0 Å². The summed E-state index contributed by atoms with van der Waals surface area (Å²) in [6.07, 6.45) is 0. The van der Waals surface area contributed by atoms with E-state index < -0.39 is 0 Å². The van der Waals surface area contributed by atoms with Gasteiger partial charge in [-0.2, -0.15) is 0 Å². The second kappa shape index (κ2) is 7.02. The molecule has 2 aromatic carbocycles. The number of hydrogen-bond acceptors (Lipinski definition) is 1. The third kappa shape index (κ3) is 3.91. The predicted octanol–water partition coefficient (Wildman–Crippen LogP) is 5.03. The smallest absolute Gasteiger partial charge is 0.160 e. The summed E-state index contributed by atoms with van der Waals surface area (Å²) >= 11 is 12.1. The van der Waals surface area contributed by atoms with Gasteiger partial charge in [0.1, 0.15) is 4.99 Å². The van der Waals surface area contributed by atoms with Crippen molar-refractivity contribution in [1.29, 1.82) is 0 Å². The average Bonchev–Trinajstić information content (AvgIpc) is 2.46. The highest BCUT2D eigenvalue weighted by molar-refractivity contribution is 9.10. The molecule has 0 fully saturated rings. The zero-order valence-electron chi connectivity index (χ0n) is 10.4. The molecular weight excluding hydrogens is 400 g/mol. The van der Waals surface area contributed by atoms with Gasteiger partial charge in [-0.15, -0.1) is 0 Å². The van der Waals surface area contributed by atoms with E-state index in [0.29, 0.717) is 10.8 Å². The Labute approximate surface area is 139 Å². The lowest BCUT2D eigenvalue weighted by Crippen LogP contribution is -2.02. The van der Waals surface area contributed by atoms with Crippen LogP contribution in [0.5, 0.6) is 0 Å². The van der Waals surface area contributed by atoms with Gasteiger partial charge >= 0.3 is 0 Å². The molecule has 0 unspecified atom stereocenters. The van der Waals surface area contributed by atoms with E-state index in [0.717, 1.165) is 20.1 Å². The Kier molecular flexibility index (Phi) is 5.34. The fourth-order valence-corrected chi connectivity index (χ4v) is 2.29. The molecular formula is C15H10Br2N2S. The SMILES string of the molecule is C=NC(=NC(=S)c1ccc(Br)cc1)c1ccc(Br)cc1. The largest absolute Gasteiger partial charge is 0.245 e. The topological polar surface area (TPSA) is 24.7 Å². The average molecular weight is 410 g/mol. The van der Waals surface area contributed by atoms with E-state index in [2.05, 4.69) is 48.6 Å².